The van der Waals surface area contributed by atoms with E-state index in [2.05, 4.69) is 19.7 Å². The van der Waals surface area contributed by atoms with E-state index in [0.717, 1.165) is 11.1 Å². The van der Waals surface area contributed by atoms with E-state index in [4.69, 9.17) is 5.11 Å². The van der Waals surface area contributed by atoms with E-state index >= 15 is 0 Å². The lowest BCUT2D eigenvalue weighted by atomic mass is 10.1. The third-order valence-corrected chi connectivity index (χ3v) is 2.54. The Hall–Kier alpha value is -2.03. The highest BCUT2D eigenvalue weighted by Crippen LogP contribution is 2.19. The van der Waals surface area contributed by atoms with Gasteiger partial charge >= 0.3 is 14.0 Å². The maximum Gasteiger partial charge on any atom is 0.381 e. The molecular formula is C13H13O4P. The second-order valence-electron chi connectivity index (χ2n) is 3.05. The SMILES string of the molecule is C=C(C(=O)O)[P+](=O)[O-].C=Cc1ccccc1C=C. The van der Waals surface area contributed by atoms with Crippen molar-refractivity contribution in [3.63, 3.8) is 0 Å². The van der Waals surface area contributed by atoms with Crippen LogP contribution in [-0.4, -0.2) is 11.1 Å². The summed E-state index contributed by atoms with van der Waals surface area (Å²) < 4.78 is 9.70. The van der Waals surface area contributed by atoms with E-state index in [1.807, 2.05) is 36.4 Å². The van der Waals surface area contributed by atoms with E-state index in [0.29, 0.717) is 0 Å². The van der Waals surface area contributed by atoms with Crippen LogP contribution in [0.15, 0.2) is 49.3 Å². The zero-order valence-corrected chi connectivity index (χ0v) is 10.6. The Morgan fingerprint density at radius 3 is 1.78 bits per heavy atom. The molecule has 0 saturated carbocycles. The van der Waals surface area contributed by atoms with Crippen molar-refractivity contribution in [1.29, 1.82) is 0 Å². The number of benzene rings is 1. The maximum atomic E-state index is 9.70. The van der Waals surface area contributed by atoms with Crippen LogP contribution in [0.3, 0.4) is 0 Å². The van der Waals surface area contributed by atoms with Crippen LogP contribution in [-0.2, 0) is 9.36 Å². The van der Waals surface area contributed by atoms with Crippen molar-refractivity contribution in [2.75, 3.05) is 0 Å². The molecule has 1 rings (SSSR count). The summed E-state index contributed by atoms with van der Waals surface area (Å²) in [6, 6.07) is 8.02. The minimum Gasteiger partial charge on any atom is -0.591 e. The van der Waals surface area contributed by atoms with Gasteiger partial charge in [-0.15, -0.1) is 0 Å². The lowest BCUT2D eigenvalue weighted by molar-refractivity contribution is -0.163. The zero-order valence-electron chi connectivity index (χ0n) is 9.70. The molecule has 18 heavy (non-hydrogen) atoms. The van der Waals surface area contributed by atoms with Crippen molar-refractivity contribution >= 4 is 26.1 Å². The van der Waals surface area contributed by atoms with Crippen molar-refractivity contribution in [3.05, 3.63) is 60.4 Å². The third kappa shape index (κ3) is 5.34. The molecule has 1 aromatic rings. The average molecular weight is 264 g/mol. The van der Waals surface area contributed by atoms with Crippen molar-refractivity contribution in [2.45, 2.75) is 0 Å². The molecule has 1 N–H and O–H groups in total. The number of aliphatic carboxylic acids is 1. The van der Waals surface area contributed by atoms with Gasteiger partial charge in [0.2, 0.25) is 0 Å². The molecule has 0 heterocycles. The predicted molar refractivity (Wildman–Crippen MR) is 71.0 cm³/mol. The van der Waals surface area contributed by atoms with Gasteiger partial charge in [-0.2, -0.15) is 0 Å². The van der Waals surface area contributed by atoms with Gasteiger partial charge < -0.3 is 10.00 Å². The lowest BCUT2D eigenvalue weighted by Gasteiger charge is -1.96. The lowest BCUT2D eigenvalue weighted by Crippen LogP contribution is -1.99. The van der Waals surface area contributed by atoms with Crippen molar-refractivity contribution in [2.24, 2.45) is 0 Å². The van der Waals surface area contributed by atoms with Gasteiger partial charge in [-0.1, -0.05) is 54.1 Å². The smallest absolute Gasteiger partial charge is 0.381 e. The summed E-state index contributed by atoms with van der Waals surface area (Å²) in [5.41, 5.74) is 2.27. The molecule has 0 saturated heterocycles. The van der Waals surface area contributed by atoms with Crippen molar-refractivity contribution in [3.8, 4) is 0 Å². The van der Waals surface area contributed by atoms with Gasteiger partial charge in [0.25, 0.3) is 5.31 Å². The number of carbonyl (C=O) groups is 1. The molecule has 5 heteroatoms. The Morgan fingerprint density at radius 1 is 1.22 bits per heavy atom. The molecule has 4 nitrogen and oxygen atoms in total. The first kappa shape index (κ1) is 16.0. The van der Waals surface area contributed by atoms with Crippen LogP contribution in [0.4, 0.5) is 0 Å². The summed E-state index contributed by atoms with van der Waals surface area (Å²) in [4.78, 5) is 19.4. The molecule has 0 spiro atoms. The molecule has 1 aromatic carbocycles. The standard InChI is InChI=1S/C10H10.C3H3O4P/c1-3-9-7-5-6-8-10(9)4-2;1-2(3(4)5)8(6)7/h3-8H,1-2H2;1H2,(H,4,5). The Labute approximate surface area is 106 Å². The number of rotatable bonds is 4. The summed E-state index contributed by atoms with van der Waals surface area (Å²) in [7, 11) is -3.00. The monoisotopic (exact) mass is 264 g/mol. The second kappa shape index (κ2) is 8.12. The highest BCUT2D eigenvalue weighted by molar-refractivity contribution is 7.43. The Morgan fingerprint density at radius 2 is 1.61 bits per heavy atom. The van der Waals surface area contributed by atoms with Gasteiger partial charge in [0.15, 0.2) is 0 Å². The minimum absolute atomic E-state index is 0.778. The zero-order chi connectivity index (χ0) is 14.1. The molecule has 0 aliphatic heterocycles. The summed E-state index contributed by atoms with van der Waals surface area (Å²) in [5, 5.41) is 7.09. The molecular weight excluding hydrogens is 251 g/mol. The van der Waals surface area contributed by atoms with Crippen LogP contribution in [0.5, 0.6) is 0 Å². The quantitative estimate of drug-likeness (QED) is 0.669. The summed E-state index contributed by atoms with van der Waals surface area (Å²) in [6.07, 6.45) is 3.66. The molecule has 0 aromatic heterocycles. The van der Waals surface area contributed by atoms with Gasteiger partial charge in [0.05, 0.1) is 0 Å². The Balaban J connectivity index is 0.000000331. The van der Waals surface area contributed by atoms with Gasteiger partial charge in [-0.25, -0.2) is 4.79 Å². The van der Waals surface area contributed by atoms with Crippen LogP contribution < -0.4 is 4.89 Å². The van der Waals surface area contributed by atoms with Crippen LogP contribution >= 0.6 is 8.03 Å². The van der Waals surface area contributed by atoms with Gasteiger partial charge in [-0.3, -0.25) is 0 Å². The Kier molecular flexibility index (Phi) is 7.20. The number of carboxylic acids is 1. The van der Waals surface area contributed by atoms with E-state index < -0.39 is 19.3 Å². The normalized spacial score (nSPS) is 9.50. The summed E-state index contributed by atoms with van der Waals surface area (Å²) >= 11 is 0. The first-order valence-corrected chi connectivity index (χ1v) is 6.02. The van der Waals surface area contributed by atoms with Crippen molar-refractivity contribution in [1.82, 2.24) is 0 Å². The van der Waals surface area contributed by atoms with Crippen LogP contribution in [0.25, 0.3) is 12.2 Å². The topological polar surface area (TPSA) is 77.4 Å². The van der Waals surface area contributed by atoms with E-state index in [1.54, 1.807) is 0 Å². The maximum absolute atomic E-state index is 9.70. The molecule has 0 fully saturated rings. The first-order valence-electron chi connectivity index (χ1n) is 4.84. The molecule has 0 radical (unpaired) electrons. The van der Waals surface area contributed by atoms with Crippen LogP contribution in [0, 0.1) is 0 Å². The minimum atomic E-state index is -3.00. The fourth-order valence-corrected chi connectivity index (χ4v) is 1.12. The second-order valence-corrected chi connectivity index (χ2v) is 4.10. The first-order chi connectivity index (χ1) is 8.43. The summed E-state index contributed by atoms with van der Waals surface area (Å²) in [5.74, 6) is -1.50. The van der Waals surface area contributed by atoms with Crippen LogP contribution in [0.2, 0.25) is 0 Å². The van der Waals surface area contributed by atoms with Gasteiger partial charge in [0, 0.05) is 0 Å². The fraction of sp³-hybridized carbons (Fsp3) is 0. The largest absolute Gasteiger partial charge is 0.591 e. The van der Waals surface area contributed by atoms with E-state index in [-0.39, 0.29) is 0 Å². The van der Waals surface area contributed by atoms with Crippen molar-refractivity contribution < 1.29 is 19.4 Å². The molecule has 0 bridgehead atoms. The molecule has 0 aliphatic carbocycles. The average Bonchev–Trinajstić information content (AvgIpc) is 2.38. The number of hydrogen-bond acceptors (Lipinski definition) is 3. The summed E-state index contributed by atoms with van der Waals surface area (Å²) in [6.45, 7) is 10.1. The molecule has 1 unspecified atom stereocenters. The molecule has 0 amide bonds. The predicted octanol–water partition coefficient (Wildman–Crippen LogP) is 2.66. The van der Waals surface area contributed by atoms with E-state index in [1.165, 1.54) is 0 Å². The molecule has 0 aliphatic rings. The third-order valence-electron chi connectivity index (χ3n) is 1.90. The number of hydrogen-bond donors (Lipinski definition) is 1. The van der Waals surface area contributed by atoms with E-state index in [9.17, 15) is 14.3 Å². The molecule has 1 atom stereocenters. The Bertz CT molecular complexity index is 449. The van der Waals surface area contributed by atoms with Crippen LogP contribution in [0.1, 0.15) is 11.1 Å². The van der Waals surface area contributed by atoms with Gasteiger partial charge in [0.1, 0.15) is 0 Å². The fourth-order valence-electron chi connectivity index (χ4n) is 0.961. The molecule has 94 valence electrons. The number of carboxylic acid groups (broad SMARTS) is 1. The van der Waals surface area contributed by atoms with Gasteiger partial charge in [-0.05, 0) is 17.7 Å². The highest BCUT2D eigenvalue weighted by Gasteiger charge is 2.16. The highest BCUT2D eigenvalue weighted by atomic mass is 31.1.